The molecule has 20 heavy (non-hydrogen) atoms. The summed E-state index contributed by atoms with van der Waals surface area (Å²) in [7, 11) is 0. The van der Waals surface area contributed by atoms with Gasteiger partial charge in [0.05, 0.1) is 0 Å². The molecule has 2 amide bonds. The van der Waals surface area contributed by atoms with Gasteiger partial charge in [0.2, 0.25) is 11.8 Å². The first-order valence-electron chi connectivity index (χ1n) is 7.32. The van der Waals surface area contributed by atoms with Crippen LogP contribution < -0.4 is 10.9 Å². The molecular weight excluding hydrogens is 252 g/mol. The van der Waals surface area contributed by atoms with E-state index in [1.165, 1.54) is 19.3 Å². The number of benzene rings is 1. The number of rotatable bonds is 4. The fourth-order valence-electron chi connectivity index (χ4n) is 3.09. The summed E-state index contributed by atoms with van der Waals surface area (Å²) in [5.74, 6) is -0.0195. The molecule has 0 bridgehead atoms. The maximum absolute atomic E-state index is 11.9. The maximum atomic E-state index is 11.9. The Hall–Kier alpha value is -1.84. The highest BCUT2D eigenvalue weighted by Gasteiger charge is 2.60. The monoisotopic (exact) mass is 272 g/mol. The van der Waals surface area contributed by atoms with E-state index in [2.05, 4.69) is 10.9 Å². The topological polar surface area (TPSA) is 58.2 Å². The molecular formula is C16H20N2O2. The van der Waals surface area contributed by atoms with E-state index in [-0.39, 0.29) is 17.7 Å². The van der Waals surface area contributed by atoms with E-state index in [0.29, 0.717) is 18.3 Å². The Morgan fingerprint density at radius 3 is 2.50 bits per heavy atom. The van der Waals surface area contributed by atoms with Gasteiger partial charge >= 0.3 is 0 Å². The summed E-state index contributed by atoms with van der Waals surface area (Å²) in [6.45, 7) is 0. The van der Waals surface area contributed by atoms with Crippen LogP contribution in [0, 0.1) is 11.3 Å². The van der Waals surface area contributed by atoms with Crippen LogP contribution in [0.15, 0.2) is 30.3 Å². The van der Waals surface area contributed by atoms with Crippen LogP contribution >= 0.6 is 0 Å². The third-order valence-electron chi connectivity index (χ3n) is 4.66. The number of hydrogen-bond acceptors (Lipinski definition) is 2. The van der Waals surface area contributed by atoms with Crippen molar-refractivity contribution in [2.24, 2.45) is 11.3 Å². The first-order valence-corrected chi connectivity index (χ1v) is 7.32. The number of aryl methyl sites for hydroxylation is 1. The molecule has 0 aliphatic heterocycles. The van der Waals surface area contributed by atoms with Crippen LogP contribution in [0.1, 0.15) is 37.7 Å². The number of hydrazine groups is 1. The third kappa shape index (κ3) is 2.69. The Morgan fingerprint density at radius 2 is 1.90 bits per heavy atom. The standard InChI is InChI=1S/C16H20N2O2/c19-14(8-7-12-5-2-1-3-6-12)17-18-15(20)13-11-16(13)9-4-10-16/h1-3,5-6,13H,4,7-11H2,(H,17,19)(H,18,20)/t13-/m1/s1. The second-order valence-electron chi connectivity index (χ2n) is 6.00. The van der Waals surface area contributed by atoms with Gasteiger partial charge < -0.3 is 0 Å². The summed E-state index contributed by atoms with van der Waals surface area (Å²) in [6, 6.07) is 9.86. The summed E-state index contributed by atoms with van der Waals surface area (Å²) >= 11 is 0. The molecule has 0 radical (unpaired) electrons. The van der Waals surface area contributed by atoms with Gasteiger partial charge in [-0.05, 0) is 36.7 Å². The van der Waals surface area contributed by atoms with Gasteiger partial charge in [-0.1, -0.05) is 36.8 Å². The molecule has 2 fully saturated rings. The molecule has 1 atom stereocenters. The number of carbonyl (C=O) groups excluding carboxylic acids is 2. The largest absolute Gasteiger partial charge is 0.273 e. The lowest BCUT2D eigenvalue weighted by Gasteiger charge is -2.26. The number of hydrogen-bond donors (Lipinski definition) is 2. The van der Waals surface area contributed by atoms with Gasteiger partial charge in [-0.15, -0.1) is 0 Å². The Labute approximate surface area is 118 Å². The van der Waals surface area contributed by atoms with Crippen molar-refractivity contribution in [3.63, 3.8) is 0 Å². The van der Waals surface area contributed by atoms with Crippen molar-refractivity contribution in [3.05, 3.63) is 35.9 Å². The van der Waals surface area contributed by atoms with E-state index in [4.69, 9.17) is 0 Å². The van der Waals surface area contributed by atoms with Crippen molar-refractivity contribution < 1.29 is 9.59 Å². The molecule has 1 spiro atoms. The Morgan fingerprint density at radius 1 is 1.15 bits per heavy atom. The lowest BCUT2D eigenvalue weighted by molar-refractivity contribution is -0.130. The van der Waals surface area contributed by atoms with E-state index >= 15 is 0 Å². The Balaban J connectivity index is 1.36. The first kappa shape index (κ1) is 13.2. The molecule has 3 rings (SSSR count). The predicted molar refractivity (Wildman–Crippen MR) is 75.4 cm³/mol. The fraction of sp³-hybridized carbons (Fsp3) is 0.500. The van der Waals surface area contributed by atoms with Gasteiger partial charge in [0.15, 0.2) is 0 Å². The van der Waals surface area contributed by atoms with E-state index in [1.54, 1.807) is 0 Å². The zero-order chi connectivity index (χ0) is 14.0. The Kier molecular flexibility index (Phi) is 3.47. The molecule has 2 aliphatic rings. The zero-order valence-electron chi connectivity index (χ0n) is 11.5. The fourth-order valence-corrected chi connectivity index (χ4v) is 3.09. The third-order valence-corrected chi connectivity index (χ3v) is 4.66. The van der Waals surface area contributed by atoms with Crippen molar-refractivity contribution in [2.45, 2.75) is 38.5 Å². The van der Waals surface area contributed by atoms with Gasteiger partial charge in [-0.25, -0.2) is 0 Å². The predicted octanol–water partition coefficient (Wildman–Crippen LogP) is 1.96. The smallest absolute Gasteiger partial charge is 0.242 e. The number of amides is 2. The summed E-state index contributed by atoms with van der Waals surface area (Å²) in [6.07, 6.45) is 5.67. The molecule has 1 aromatic rings. The van der Waals surface area contributed by atoms with E-state index in [0.717, 1.165) is 12.0 Å². The number of nitrogens with one attached hydrogen (secondary N) is 2. The lowest BCUT2D eigenvalue weighted by atomic mass is 9.80. The van der Waals surface area contributed by atoms with E-state index in [9.17, 15) is 9.59 Å². The average Bonchev–Trinajstić information content (AvgIpc) is 3.20. The molecule has 0 heterocycles. The van der Waals surface area contributed by atoms with Crippen molar-refractivity contribution in [1.82, 2.24) is 10.9 Å². The lowest BCUT2D eigenvalue weighted by Crippen LogP contribution is -2.43. The van der Waals surface area contributed by atoms with E-state index in [1.807, 2.05) is 30.3 Å². The van der Waals surface area contributed by atoms with Crippen LogP contribution in [0.2, 0.25) is 0 Å². The quantitative estimate of drug-likeness (QED) is 0.823. The highest BCUT2D eigenvalue weighted by atomic mass is 16.2. The molecule has 0 saturated heterocycles. The van der Waals surface area contributed by atoms with Crippen LogP contribution in [-0.4, -0.2) is 11.8 Å². The second kappa shape index (κ2) is 5.27. The molecule has 2 N–H and O–H groups in total. The van der Waals surface area contributed by atoms with Crippen LogP contribution in [0.25, 0.3) is 0 Å². The van der Waals surface area contributed by atoms with Crippen molar-refractivity contribution in [1.29, 1.82) is 0 Å². The molecule has 0 aromatic heterocycles. The van der Waals surface area contributed by atoms with Crippen LogP contribution in [0.5, 0.6) is 0 Å². The molecule has 106 valence electrons. The molecule has 1 aromatic carbocycles. The average molecular weight is 272 g/mol. The summed E-state index contributed by atoms with van der Waals surface area (Å²) < 4.78 is 0. The molecule has 4 nitrogen and oxygen atoms in total. The highest BCUT2D eigenvalue weighted by Crippen LogP contribution is 2.65. The summed E-state index contributed by atoms with van der Waals surface area (Å²) in [5, 5.41) is 0. The molecule has 2 saturated carbocycles. The van der Waals surface area contributed by atoms with Gasteiger partial charge in [0.1, 0.15) is 0 Å². The SMILES string of the molecule is O=C(CCc1ccccc1)NNC(=O)[C@H]1CC12CCC2. The van der Waals surface area contributed by atoms with Crippen LogP contribution in [-0.2, 0) is 16.0 Å². The van der Waals surface area contributed by atoms with Crippen LogP contribution in [0.4, 0.5) is 0 Å². The minimum absolute atomic E-state index is 0.0160. The zero-order valence-corrected chi connectivity index (χ0v) is 11.5. The van der Waals surface area contributed by atoms with Crippen molar-refractivity contribution in [2.75, 3.05) is 0 Å². The van der Waals surface area contributed by atoms with Crippen molar-refractivity contribution in [3.8, 4) is 0 Å². The highest BCUT2D eigenvalue weighted by molar-refractivity contribution is 5.86. The van der Waals surface area contributed by atoms with Gasteiger partial charge in [0, 0.05) is 12.3 Å². The van der Waals surface area contributed by atoms with E-state index < -0.39 is 0 Å². The minimum Gasteiger partial charge on any atom is -0.273 e. The minimum atomic E-state index is -0.134. The normalized spacial score (nSPS) is 21.9. The maximum Gasteiger partial charge on any atom is 0.242 e. The first-order chi connectivity index (χ1) is 9.70. The molecule has 2 aliphatic carbocycles. The summed E-state index contributed by atoms with van der Waals surface area (Å²) in [5.41, 5.74) is 6.52. The van der Waals surface area contributed by atoms with Gasteiger partial charge in [-0.3, -0.25) is 20.4 Å². The Bertz CT molecular complexity index is 508. The summed E-state index contributed by atoms with van der Waals surface area (Å²) in [4.78, 5) is 23.5. The van der Waals surface area contributed by atoms with Crippen LogP contribution in [0.3, 0.4) is 0 Å². The molecule has 4 heteroatoms. The second-order valence-corrected chi connectivity index (χ2v) is 6.00. The number of carbonyl (C=O) groups is 2. The van der Waals surface area contributed by atoms with Crippen molar-refractivity contribution >= 4 is 11.8 Å². The molecule has 0 unspecified atom stereocenters. The van der Waals surface area contributed by atoms with Gasteiger partial charge in [-0.2, -0.15) is 0 Å². The van der Waals surface area contributed by atoms with Gasteiger partial charge in [0.25, 0.3) is 0 Å².